The van der Waals surface area contributed by atoms with E-state index in [9.17, 15) is 52.2 Å². The summed E-state index contributed by atoms with van der Waals surface area (Å²) in [6.45, 7) is 22.3. The second-order valence-corrected chi connectivity index (χ2v) is 32.7. The monoisotopic (exact) mass is 2120 g/mol. The molecule has 792 valence electrons. The van der Waals surface area contributed by atoms with Gasteiger partial charge in [-0.3, -0.25) is 4.18 Å². The Morgan fingerprint density at radius 1 is 0.370 bits per heavy atom. The fraction of sp³-hybridized carbons (Fsp3) is 0.362. The molecule has 0 spiro atoms. The molecular weight excluding hydrogens is 2000 g/mol. The van der Waals surface area contributed by atoms with Crippen molar-refractivity contribution in [2.75, 3.05) is 119 Å². The van der Waals surface area contributed by atoms with Crippen LogP contribution in [0.2, 0.25) is 0 Å². The van der Waals surface area contributed by atoms with E-state index in [0.717, 1.165) is 43.8 Å². The van der Waals surface area contributed by atoms with Crippen LogP contribution in [0, 0.1) is 84.9 Å². The van der Waals surface area contributed by atoms with Crippen LogP contribution in [0.25, 0.3) is 0 Å². The van der Waals surface area contributed by atoms with Crippen LogP contribution in [-0.4, -0.2) is 211 Å². The maximum atomic E-state index is 12.8. The van der Waals surface area contributed by atoms with Crippen molar-refractivity contribution in [3.05, 3.63) is 236 Å². The maximum Gasteiger partial charge on any atom is 0.408 e. The highest BCUT2D eigenvalue weighted by molar-refractivity contribution is 8.13. The van der Waals surface area contributed by atoms with E-state index in [-0.39, 0.29) is 199 Å². The van der Waals surface area contributed by atoms with E-state index in [0.29, 0.717) is 70.3 Å². The van der Waals surface area contributed by atoms with Crippen molar-refractivity contribution >= 4 is 98.7 Å². The summed E-state index contributed by atoms with van der Waals surface area (Å²) in [5.41, 5.74) is 25.5. The fourth-order valence-electron chi connectivity index (χ4n) is 10.6. The van der Waals surface area contributed by atoms with Gasteiger partial charge in [0.1, 0.15) is 128 Å². The number of rotatable bonds is 37. The van der Waals surface area contributed by atoms with Crippen molar-refractivity contribution in [1.82, 2.24) is 16.0 Å². The molecule has 0 aliphatic rings. The van der Waals surface area contributed by atoms with Gasteiger partial charge < -0.3 is 130 Å². The Hall–Kier alpha value is -13.7. The SMILES string of the molecule is CC(C)(C)OC(=O)NCc1cccc(CN)c1.CCOC(=O)c1cc(OCC#CCO)c(C(=O)OCC)cc1OCC#CCO.CCOC(=O)c1cc(OCC#CCOC(=O)NCc2cccc(CN)c2)c(C(=O)OCC)cc1OCC#CCOC(=O)NCc1cccc(CN)c1.CCOCc1cc(O)c(COCC)cc1O.Cc1ccc(S(=O)(=O)Cl)cc1.Cc1ccc(SOCC#CCO)cc1.Cl.Cl.OCC#CCO. The molecule has 0 unspecified atom stereocenters. The number of halogens is 3. The number of phenols is 2. The zero-order chi connectivity index (χ0) is 107. The van der Waals surface area contributed by atoms with Crippen molar-refractivity contribution in [2.45, 2.75) is 144 Å². The van der Waals surface area contributed by atoms with Gasteiger partial charge in [-0.25, -0.2) is 42.0 Å². The minimum Gasteiger partial charge on any atom is -0.508 e. The molecule has 0 aromatic heterocycles. The Kier molecular flexibility index (Phi) is 72.2. The molecule has 36 nitrogen and oxygen atoms in total. The summed E-state index contributed by atoms with van der Waals surface area (Å²) in [4.78, 5) is 86.9. The third-order valence-corrected chi connectivity index (χ3v) is 19.3. The molecule has 8 aromatic rings. The first-order valence-corrected chi connectivity index (χ1v) is 47.8. The van der Waals surface area contributed by atoms with Gasteiger partial charge in [0, 0.05) is 91.2 Å². The van der Waals surface area contributed by atoms with Gasteiger partial charge in [-0.1, -0.05) is 179 Å². The van der Waals surface area contributed by atoms with Crippen LogP contribution in [0.1, 0.15) is 159 Å². The van der Waals surface area contributed by atoms with Crippen LogP contribution >= 0.6 is 47.5 Å². The van der Waals surface area contributed by atoms with Gasteiger partial charge in [0.15, 0.2) is 13.2 Å². The topological polar surface area (TPSA) is 539 Å². The number of hydrogen-bond donors (Lipinski definition) is 13. The van der Waals surface area contributed by atoms with Gasteiger partial charge in [-0.2, -0.15) is 0 Å². The predicted molar refractivity (Wildman–Crippen MR) is 555 cm³/mol. The number of aryl methyl sites for hydroxylation is 2. The number of alkyl carbamates (subject to hydrolysis) is 3. The normalized spacial score (nSPS) is 9.78. The Morgan fingerprint density at radius 2 is 0.651 bits per heavy atom. The van der Waals surface area contributed by atoms with Crippen LogP contribution in [0.4, 0.5) is 14.4 Å². The van der Waals surface area contributed by atoms with Crippen molar-refractivity contribution in [3.63, 3.8) is 0 Å². The number of phenolic OH excluding ortho intramolecular Hbond substituents is 2. The van der Waals surface area contributed by atoms with Crippen LogP contribution in [0.5, 0.6) is 34.5 Å². The van der Waals surface area contributed by atoms with E-state index < -0.39 is 56.8 Å². The first-order chi connectivity index (χ1) is 69.2. The lowest BCUT2D eigenvalue weighted by Gasteiger charge is -2.19. The van der Waals surface area contributed by atoms with Crippen molar-refractivity contribution < 1.29 is 143 Å². The molecule has 0 saturated heterocycles. The summed E-state index contributed by atoms with van der Waals surface area (Å²) in [5, 5.41) is 69.0. The molecule has 0 radical (unpaired) electrons. The van der Waals surface area contributed by atoms with E-state index in [2.05, 4.69) is 87.0 Å². The number of aromatic hydroxyl groups is 2. The summed E-state index contributed by atoms with van der Waals surface area (Å²) < 4.78 is 94.9. The zero-order valence-electron chi connectivity index (χ0n) is 83.2. The van der Waals surface area contributed by atoms with Crippen LogP contribution in [-0.2, 0) is 108 Å². The Labute approximate surface area is 874 Å². The second kappa shape index (κ2) is 79.7. The third kappa shape index (κ3) is 58.9. The van der Waals surface area contributed by atoms with Crippen molar-refractivity contribution in [3.8, 4) is 106 Å². The number of carbonyl (C=O) groups excluding carboxylic acids is 7. The van der Waals surface area contributed by atoms with E-state index in [4.69, 9.17) is 119 Å². The van der Waals surface area contributed by atoms with E-state index in [1.165, 1.54) is 66.1 Å². The highest BCUT2D eigenvalue weighted by Gasteiger charge is 2.26. The van der Waals surface area contributed by atoms with Gasteiger partial charge in [0.05, 0.1) is 44.5 Å². The standard InChI is InChI=1S/C38H42N4O10.C20H22O8.C13H20N2O2.C12H18O4.C11H12O2S.C7H7ClO2S.C4H6O2.2ClH/c1-3-47-35(43)31-21-34(50-16-6-8-18-52-38(46)42-26-30-14-10-12-28(20-30)24-40)32(36(44)48-4-2)22-33(31)49-15-5-7-17-51-37(45)41-25-29-13-9-11-27(19-29)23-39;1-3-25-19(23)15-13-18(28-12-8-6-10-22)16(20(24)26-4-2)14-17(15)27-11-7-5-9-21;1-13(2,3)17-12(16)15-9-11-6-4-5-10(7-11)8-14;1-3-15-7-9-5-12(14)10(6-11(9)13)8-16-4-2;1-10-4-6-11(7-5-10)14-13-9-3-2-8-12;1-6-2-4-7(5-3-6)11(8,9)10;5-3-1-2-4-6;;/h9-14,19-22H,3-4,15-18,23-26,39-40H2,1-2H3,(H,41,45)(H,42,46);13-14,21-22H,3-4,9-12H2,1-2H3;4-7H,8-9,14H2,1-3H3,(H,15,16);5-6,13-14H,3-4,7-8H2,1-2H3;4-7,12H,8-9H2,1H3;2-5H,1H3;5-6H,3-4H2;2*1H. The van der Waals surface area contributed by atoms with Crippen molar-refractivity contribution in [2.24, 2.45) is 17.2 Å². The molecule has 0 bridgehead atoms. The number of nitrogens with one attached hydrogen (secondary N) is 3. The molecule has 0 saturated carbocycles. The van der Waals surface area contributed by atoms with Gasteiger partial charge in [-0.05, 0) is 170 Å². The van der Waals surface area contributed by atoms with Gasteiger partial charge in [0.2, 0.25) is 0 Å². The third-order valence-electron chi connectivity index (χ3n) is 17.2. The molecular formula is C105H129Cl3N6O30S2. The molecule has 0 heterocycles. The number of esters is 4. The molecule has 16 N–H and O–H groups in total. The quantitative estimate of drug-likeness (QED) is 0.00327. The Bertz CT molecular complexity index is 5590. The summed E-state index contributed by atoms with van der Waals surface area (Å²) in [6.07, 6.45) is -1.72. The van der Waals surface area contributed by atoms with E-state index >= 15 is 0 Å². The summed E-state index contributed by atoms with van der Waals surface area (Å²) in [7, 11) is 1.54. The molecule has 41 heteroatoms. The second-order valence-electron chi connectivity index (χ2n) is 29.2. The smallest absolute Gasteiger partial charge is 0.408 e. The Morgan fingerprint density at radius 3 is 0.938 bits per heavy atom. The molecule has 146 heavy (non-hydrogen) atoms. The molecule has 8 aromatic carbocycles. The van der Waals surface area contributed by atoms with Crippen LogP contribution in [0.3, 0.4) is 0 Å². The summed E-state index contributed by atoms with van der Waals surface area (Å²) in [5.74, 6) is 27.9. The lowest BCUT2D eigenvalue weighted by molar-refractivity contribution is 0.0504. The highest BCUT2D eigenvalue weighted by atomic mass is 35.7. The van der Waals surface area contributed by atoms with Crippen LogP contribution < -0.4 is 52.1 Å². The zero-order valence-corrected chi connectivity index (χ0v) is 87.2. The first kappa shape index (κ1) is 132. The molecule has 8 rings (SSSR count). The summed E-state index contributed by atoms with van der Waals surface area (Å²) >= 11 is 1.30. The number of benzene rings is 8. The lowest BCUT2D eigenvalue weighted by atomic mass is 10.1. The average molecular weight is 2130 g/mol. The minimum atomic E-state index is -3.55. The number of hydrogen-bond acceptors (Lipinski definition) is 34. The highest BCUT2D eigenvalue weighted by Crippen LogP contribution is 2.34. The molecule has 0 fully saturated rings. The Balaban J connectivity index is 0.00000187. The molecule has 0 atom stereocenters. The van der Waals surface area contributed by atoms with Gasteiger partial charge in [-0.15, -0.1) is 24.8 Å². The minimum absolute atomic E-state index is 0. The number of nitrogens with two attached hydrogens (primary N) is 3. The van der Waals surface area contributed by atoms with E-state index in [1.807, 2.05) is 146 Å². The first-order valence-electron chi connectivity index (χ1n) is 44.7. The fourth-order valence-corrected chi connectivity index (χ4v) is 11.9. The molecule has 0 aliphatic heterocycles. The average Bonchev–Trinajstić information content (AvgIpc) is 0.804. The van der Waals surface area contributed by atoms with E-state index in [1.54, 1.807) is 39.8 Å². The molecule has 3 amide bonds. The summed E-state index contributed by atoms with van der Waals surface area (Å²) in [6, 6.07) is 45.4. The number of aliphatic hydroxyl groups excluding tert-OH is 5. The van der Waals surface area contributed by atoms with Gasteiger partial charge >= 0.3 is 42.2 Å². The number of ether oxygens (including phenoxy) is 13. The van der Waals surface area contributed by atoms with Crippen LogP contribution in [0.15, 0.2) is 168 Å². The van der Waals surface area contributed by atoms with Crippen molar-refractivity contribution in [1.29, 1.82) is 0 Å². The maximum absolute atomic E-state index is 12.8. The largest absolute Gasteiger partial charge is 0.508 e. The number of amides is 3. The number of carbonyl (C=O) groups is 7. The predicted octanol–water partition coefficient (Wildman–Crippen LogP) is 12.5. The lowest BCUT2D eigenvalue weighted by Crippen LogP contribution is -2.32. The number of aliphatic hydroxyl groups is 5. The van der Waals surface area contributed by atoms with Gasteiger partial charge in [0.25, 0.3) is 9.05 Å². The molecule has 0 aliphatic carbocycles.